The number of carboxylic acids is 3. The zero-order valence-electron chi connectivity index (χ0n) is 30.3. The lowest BCUT2D eigenvalue weighted by atomic mass is 10.2. The lowest BCUT2D eigenvalue weighted by Crippen LogP contribution is -2.14. The molecule has 0 fully saturated rings. The molecule has 0 atom stereocenters. The number of benzene rings is 4. The number of hydrogen-bond donors (Lipinski definition) is 8. The third kappa shape index (κ3) is 31.7. The van der Waals surface area contributed by atoms with Gasteiger partial charge in [0.25, 0.3) is 10.8 Å². The number of rotatable bonds is 4. The number of nitrogen functional groups attached to an aromatic ring is 1. The number of aromatic amines is 1. The van der Waals surface area contributed by atoms with E-state index in [4.69, 9.17) is 88.7 Å². The van der Waals surface area contributed by atoms with Crippen molar-refractivity contribution in [3.05, 3.63) is 160 Å². The number of ether oxygens (including phenoxy) is 1. The van der Waals surface area contributed by atoms with Crippen LogP contribution in [0, 0.1) is 43.5 Å². The average molecular weight is 1050 g/mol. The second-order valence-corrected chi connectivity index (χ2v) is 13.4. The molecule has 0 aliphatic rings. The van der Waals surface area contributed by atoms with E-state index < -0.39 is 93.6 Å². The number of carboxylic acid groups (broad SMARTS) is 3. The molecule has 0 bridgehead atoms. The van der Waals surface area contributed by atoms with E-state index in [1.807, 2.05) is 0 Å². The minimum Gasteiger partial charge on any atom is -0.478 e. The summed E-state index contributed by atoms with van der Waals surface area (Å²) in [6, 6.07) is 13.8. The predicted molar refractivity (Wildman–Crippen MR) is 223 cm³/mol. The Balaban J connectivity index is -0.000000348. The molecule has 0 spiro atoms. The number of nitro groups is 1. The maximum absolute atomic E-state index is 12.6. The van der Waals surface area contributed by atoms with Crippen LogP contribution in [0.25, 0.3) is 10.9 Å². The quantitative estimate of drug-likeness (QED) is 0.0163. The number of hydrogen-bond acceptors (Lipinski definition) is 15. The largest absolute Gasteiger partial charge is 0.478 e. The Morgan fingerprint density at radius 1 is 0.742 bits per heavy atom. The normalized spacial score (nSPS) is 9.55. The summed E-state index contributed by atoms with van der Waals surface area (Å²) < 4.78 is 87.4. The van der Waals surface area contributed by atoms with Gasteiger partial charge in [0.15, 0.2) is 0 Å². The highest BCUT2D eigenvalue weighted by molar-refractivity contribution is 7.79. The SMILES string of the molecule is C.C.Nc1ccc(F)cc1C(=O)O.O=C(Cl)OC(Cl)(Cl)Cl.O=C(O)c1cc(F)ccc1[N+](=O)[O-].O=C(O)c1cccc(F)c1.O=S(=O)(O)O.O=[N+]([O-])O.O=c1[nH]c2ccc(F)cc2c(=O)o1. The number of nitrogens with two attached hydrogens (primary N) is 1. The van der Waals surface area contributed by atoms with Crippen LogP contribution in [0.2, 0.25) is 0 Å². The van der Waals surface area contributed by atoms with Crippen molar-refractivity contribution >= 4 is 102 Å². The number of alkyl halides is 3. The van der Waals surface area contributed by atoms with Gasteiger partial charge < -0.3 is 35.4 Å². The van der Waals surface area contributed by atoms with Gasteiger partial charge in [-0.2, -0.15) is 8.42 Å². The van der Waals surface area contributed by atoms with Gasteiger partial charge in [-0.15, -0.1) is 10.1 Å². The summed E-state index contributed by atoms with van der Waals surface area (Å²) in [4.78, 5) is 82.4. The van der Waals surface area contributed by atoms with Crippen LogP contribution in [0.4, 0.5) is 33.7 Å². The Morgan fingerprint density at radius 2 is 1.17 bits per heavy atom. The summed E-state index contributed by atoms with van der Waals surface area (Å²) in [5.41, 5.74) is 2.10. The maximum atomic E-state index is 12.6. The molecule has 4 aromatic carbocycles. The van der Waals surface area contributed by atoms with Crippen LogP contribution in [-0.4, -0.2) is 80.4 Å². The summed E-state index contributed by atoms with van der Waals surface area (Å²) in [6.07, 6.45) is 0. The molecular weight excluding hydrogens is 1020 g/mol. The van der Waals surface area contributed by atoms with E-state index in [0.29, 0.717) is 6.07 Å². The molecule has 0 unspecified atom stereocenters. The fraction of sp³-hybridized carbons (Fsp3) is 0.0909. The highest BCUT2D eigenvalue weighted by Gasteiger charge is 2.23. The lowest BCUT2D eigenvalue weighted by Gasteiger charge is -2.06. The average Bonchev–Trinajstić information content (AvgIpc) is 3.12. The molecule has 0 saturated heterocycles. The first kappa shape index (κ1) is 65.5. The minimum absolute atomic E-state index is 0. The van der Waals surface area contributed by atoms with Gasteiger partial charge in [0.2, 0.25) is 0 Å². The van der Waals surface area contributed by atoms with Crippen molar-refractivity contribution in [1.82, 2.24) is 4.98 Å². The van der Waals surface area contributed by atoms with Crippen molar-refractivity contribution in [2.75, 3.05) is 5.73 Å². The van der Waals surface area contributed by atoms with Crippen molar-refractivity contribution in [2.45, 2.75) is 18.8 Å². The molecule has 0 aliphatic carbocycles. The first-order valence-electron chi connectivity index (χ1n) is 14.9. The van der Waals surface area contributed by atoms with Gasteiger partial charge in [-0.3, -0.25) is 24.2 Å². The monoisotopic (exact) mass is 1050 g/mol. The molecule has 364 valence electrons. The zero-order valence-corrected chi connectivity index (χ0v) is 34.1. The first-order chi connectivity index (χ1) is 29.1. The van der Waals surface area contributed by atoms with E-state index in [9.17, 15) is 56.4 Å². The number of aromatic nitrogens is 1. The second-order valence-electron chi connectivity index (χ2n) is 10.0. The highest BCUT2D eigenvalue weighted by atomic mass is 35.6. The highest BCUT2D eigenvalue weighted by Crippen LogP contribution is 2.28. The molecule has 0 amide bonds. The molecule has 24 nitrogen and oxygen atoms in total. The van der Waals surface area contributed by atoms with Crippen LogP contribution in [0.1, 0.15) is 45.9 Å². The van der Waals surface area contributed by atoms with E-state index >= 15 is 0 Å². The summed E-state index contributed by atoms with van der Waals surface area (Å²) in [7, 11) is -4.67. The number of nitrogens with one attached hydrogen (secondary N) is 1. The number of carbonyl (C=O) groups is 4. The fourth-order valence-corrected chi connectivity index (χ4v) is 3.78. The number of anilines is 1. The zero-order chi connectivity index (χ0) is 50.3. The maximum Gasteiger partial charge on any atom is 0.419 e. The van der Waals surface area contributed by atoms with Crippen molar-refractivity contribution < 1.29 is 94.0 Å². The van der Waals surface area contributed by atoms with Gasteiger partial charge in [0.05, 0.1) is 27.0 Å². The first-order valence-corrected chi connectivity index (χ1v) is 17.8. The summed E-state index contributed by atoms with van der Waals surface area (Å²) in [5, 5.41) is 49.2. The van der Waals surface area contributed by atoms with Gasteiger partial charge in [-0.1, -0.05) is 20.9 Å². The summed E-state index contributed by atoms with van der Waals surface area (Å²) in [6.45, 7) is 0. The Hall–Kier alpha value is -7.15. The molecule has 1 heterocycles. The van der Waals surface area contributed by atoms with Crippen LogP contribution in [0.3, 0.4) is 0 Å². The molecule has 0 saturated carbocycles. The Morgan fingerprint density at radius 3 is 1.53 bits per heavy atom. The predicted octanol–water partition coefficient (Wildman–Crippen LogP) is 7.64. The van der Waals surface area contributed by atoms with Gasteiger partial charge in [-0.25, -0.2) is 46.3 Å². The molecule has 0 radical (unpaired) electrons. The van der Waals surface area contributed by atoms with Crippen LogP contribution >= 0.6 is 46.4 Å². The van der Waals surface area contributed by atoms with E-state index in [-0.39, 0.29) is 42.6 Å². The number of fused-ring (bicyclic) bond motifs is 1. The third-order valence-corrected chi connectivity index (χ3v) is 5.83. The lowest BCUT2D eigenvalue weighted by molar-refractivity contribution is -0.742. The van der Waals surface area contributed by atoms with E-state index in [0.717, 1.165) is 42.5 Å². The Labute approximate surface area is 384 Å². The number of nitro benzene ring substituents is 1. The Kier molecular flexibility index (Phi) is 30.6. The topological polar surface area (TPSA) is 408 Å². The molecule has 5 aromatic rings. The van der Waals surface area contributed by atoms with E-state index in [1.54, 1.807) is 0 Å². The summed E-state index contributed by atoms with van der Waals surface area (Å²) in [5.74, 6) is -7.19. The molecule has 0 aliphatic heterocycles. The Bertz CT molecular complexity index is 2680. The molecule has 33 heteroatoms. The van der Waals surface area contributed by atoms with Gasteiger partial charge in [0.1, 0.15) is 28.8 Å². The fourth-order valence-electron chi connectivity index (χ4n) is 3.33. The molecule has 9 N–H and O–H groups in total. The van der Waals surface area contributed by atoms with Gasteiger partial charge >= 0.3 is 49.1 Å². The second kappa shape index (κ2) is 30.8. The summed E-state index contributed by atoms with van der Waals surface area (Å²) >= 11 is 19.4. The smallest absolute Gasteiger partial charge is 0.419 e. The van der Waals surface area contributed by atoms with Crippen LogP contribution in [0.5, 0.6) is 0 Å². The van der Waals surface area contributed by atoms with E-state index in [2.05, 4.69) is 25.7 Å². The number of nitrogens with zero attached hydrogens (tertiary/aromatic N) is 2. The van der Waals surface area contributed by atoms with Gasteiger partial charge in [-0.05, 0) is 102 Å². The standard InChI is InChI=1S/C8H4FNO3.C7H4FNO4.C7H6FNO2.C7H5FO2.C2Cl4O2.2CH4.HNO3.H2O4S/c9-4-1-2-6-5(3-4)7(11)13-8(12)10-6;8-4-1-2-6(9(12)13)5(3-4)7(10)11;8-4-1-2-6(9)5(3-4)7(10)11;8-6-3-1-2-5(4-6)7(9)10;3-1(7)8-2(4,5)6;;;2-1(3)4;1-5(2,3)4/h1-3H,(H,10,12);1-3H,(H,10,11);1-3H,9H2,(H,10,11);1-4H,(H,9,10);;2*1H4;(H,2,3,4);(H2,1,2,3,4). The van der Waals surface area contributed by atoms with Crippen molar-refractivity contribution in [3.63, 3.8) is 0 Å². The van der Waals surface area contributed by atoms with Crippen molar-refractivity contribution in [2.24, 2.45) is 0 Å². The van der Waals surface area contributed by atoms with Crippen LogP contribution in [-0.2, 0) is 15.1 Å². The van der Waals surface area contributed by atoms with Crippen molar-refractivity contribution in [3.8, 4) is 0 Å². The minimum atomic E-state index is -4.67. The van der Waals surface area contributed by atoms with Crippen molar-refractivity contribution in [1.29, 1.82) is 0 Å². The number of carbonyl (C=O) groups excluding carboxylic acids is 1. The van der Waals surface area contributed by atoms with E-state index in [1.165, 1.54) is 30.3 Å². The molecule has 1 aromatic heterocycles. The number of aromatic carboxylic acids is 3. The molecule has 5 rings (SSSR count). The number of H-pyrrole nitrogens is 1. The van der Waals surface area contributed by atoms with Crippen LogP contribution < -0.4 is 17.1 Å². The van der Waals surface area contributed by atoms with Crippen LogP contribution in [0.15, 0.2) is 92.9 Å². The van der Waals surface area contributed by atoms with Gasteiger partial charge in [0, 0.05) is 23.4 Å². The molecule has 66 heavy (non-hydrogen) atoms. The number of halogens is 8. The third-order valence-electron chi connectivity index (χ3n) is 5.52. The molecular formula is C33H30Cl4F4N4O20S.